The Hall–Kier alpha value is -2.46. The quantitative estimate of drug-likeness (QED) is 0.880. The maximum Gasteiger partial charge on any atom is 0.224 e. The van der Waals surface area contributed by atoms with Gasteiger partial charge in [0.15, 0.2) is 0 Å². The van der Waals surface area contributed by atoms with Gasteiger partial charge < -0.3 is 19.7 Å². The summed E-state index contributed by atoms with van der Waals surface area (Å²) in [5, 5.41) is 19.5. The van der Waals surface area contributed by atoms with E-state index in [0.29, 0.717) is 11.3 Å². The summed E-state index contributed by atoms with van der Waals surface area (Å²) in [5.41, 5.74) is 2.35. The first kappa shape index (κ1) is 12.6. The molecule has 102 valence electrons. The summed E-state index contributed by atoms with van der Waals surface area (Å²) in [6.07, 6.45) is 0.794. The molecular weight excluding hydrogens is 256 g/mol. The van der Waals surface area contributed by atoms with Gasteiger partial charge in [-0.1, -0.05) is 12.1 Å². The molecule has 20 heavy (non-hydrogen) atoms. The van der Waals surface area contributed by atoms with Crippen molar-refractivity contribution in [1.82, 2.24) is 0 Å². The van der Waals surface area contributed by atoms with E-state index in [1.165, 1.54) is 6.07 Å². The highest BCUT2D eigenvalue weighted by molar-refractivity contribution is 5.86. The van der Waals surface area contributed by atoms with Crippen LogP contribution in [0.25, 0.3) is 11.6 Å². The number of phenolic OH excluding ortho intramolecular Hbond substituents is 1. The number of aliphatic hydroxyl groups excluding tert-OH is 1. The molecule has 1 unspecified atom stereocenters. The summed E-state index contributed by atoms with van der Waals surface area (Å²) in [4.78, 5) is 0. The van der Waals surface area contributed by atoms with Crippen molar-refractivity contribution < 1.29 is 19.7 Å². The molecular formula is C16H14O4. The molecule has 2 N–H and O–H groups in total. The topological polar surface area (TPSA) is 58.9 Å². The summed E-state index contributed by atoms with van der Waals surface area (Å²) in [5.74, 6) is 1.33. The van der Waals surface area contributed by atoms with Gasteiger partial charge >= 0.3 is 0 Å². The van der Waals surface area contributed by atoms with Crippen molar-refractivity contribution in [2.24, 2.45) is 0 Å². The third-order valence-corrected chi connectivity index (χ3v) is 3.24. The van der Waals surface area contributed by atoms with Gasteiger partial charge in [0.05, 0.1) is 7.11 Å². The molecule has 0 aromatic heterocycles. The van der Waals surface area contributed by atoms with Crippen molar-refractivity contribution in [2.45, 2.75) is 6.29 Å². The molecule has 1 heterocycles. The Morgan fingerprint density at radius 3 is 2.55 bits per heavy atom. The second kappa shape index (κ2) is 4.90. The fraction of sp³-hybridized carbons (Fsp3) is 0.125. The van der Waals surface area contributed by atoms with Crippen LogP contribution in [0.5, 0.6) is 17.2 Å². The number of aromatic hydroxyl groups is 1. The normalized spacial score (nSPS) is 16.9. The monoisotopic (exact) mass is 270 g/mol. The van der Waals surface area contributed by atoms with E-state index in [-0.39, 0.29) is 5.75 Å². The van der Waals surface area contributed by atoms with E-state index in [1.54, 1.807) is 19.2 Å². The van der Waals surface area contributed by atoms with E-state index >= 15 is 0 Å². The molecule has 0 spiro atoms. The number of hydrogen-bond acceptors (Lipinski definition) is 4. The third-order valence-electron chi connectivity index (χ3n) is 3.24. The molecule has 0 bridgehead atoms. The van der Waals surface area contributed by atoms with Crippen molar-refractivity contribution in [3.63, 3.8) is 0 Å². The molecule has 0 aliphatic carbocycles. The number of methoxy groups -OCH3 is 1. The number of ether oxygens (including phenoxy) is 2. The van der Waals surface area contributed by atoms with Gasteiger partial charge in [-0.3, -0.25) is 0 Å². The minimum absolute atomic E-state index is 0.109. The van der Waals surface area contributed by atoms with Crippen molar-refractivity contribution in [1.29, 1.82) is 0 Å². The predicted octanol–water partition coefficient (Wildman–Crippen LogP) is 2.65. The molecule has 1 aliphatic heterocycles. The van der Waals surface area contributed by atoms with E-state index < -0.39 is 6.29 Å². The fourth-order valence-corrected chi connectivity index (χ4v) is 2.18. The number of phenols is 1. The van der Waals surface area contributed by atoms with E-state index in [9.17, 15) is 10.2 Å². The Bertz CT molecular complexity index is 659. The summed E-state index contributed by atoms with van der Waals surface area (Å²) in [6, 6.07) is 12.2. The number of fused-ring (bicyclic) bond motifs is 1. The Morgan fingerprint density at radius 1 is 1.10 bits per heavy atom. The predicted molar refractivity (Wildman–Crippen MR) is 75.6 cm³/mol. The first-order chi connectivity index (χ1) is 9.67. The van der Waals surface area contributed by atoms with E-state index in [4.69, 9.17) is 9.47 Å². The highest BCUT2D eigenvalue weighted by atomic mass is 16.6. The molecule has 3 rings (SSSR count). The molecule has 0 fully saturated rings. The van der Waals surface area contributed by atoms with Gasteiger partial charge in [-0.2, -0.15) is 0 Å². The van der Waals surface area contributed by atoms with Crippen LogP contribution in [0.15, 0.2) is 42.5 Å². The van der Waals surface area contributed by atoms with Crippen LogP contribution in [0.1, 0.15) is 11.1 Å². The van der Waals surface area contributed by atoms with Gasteiger partial charge in [0.25, 0.3) is 0 Å². The highest BCUT2D eigenvalue weighted by Crippen LogP contribution is 2.35. The minimum atomic E-state index is -1.06. The van der Waals surface area contributed by atoms with Gasteiger partial charge in [0, 0.05) is 17.2 Å². The fourth-order valence-electron chi connectivity index (χ4n) is 2.18. The zero-order valence-corrected chi connectivity index (χ0v) is 10.9. The van der Waals surface area contributed by atoms with Crippen LogP contribution in [0.4, 0.5) is 0 Å². The highest BCUT2D eigenvalue weighted by Gasteiger charge is 2.22. The van der Waals surface area contributed by atoms with Crippen LogP contribution in [0.3, 0.4) is 0 Å². The number of rotatable bonds is 2. The van der Waals surface area contributed by atoms with Crippen molar-refractivity contribution in [3.05, 3.63) is 53.6 Å². The SMILES string of the molecule is COc1ccc(C2=Cc3ccc(O)cc3OC2O)cc1. The minimum Gasteiger partial charge on any atom is -0.508 e. The van der Waals surface area contributed by atoms with Gasteiger partial charge in [-0.05, 0) is 35.9 Å². The molecule has 2 aromatic rings. The zero-order chi connectivity index (χ0) is 14.1. The van der Waals surface area contributed by atoms with Gasteiger partial charge in [0.1, 0.15) is 17.2 Å². The number of hydrogen-bond donors (Lipinski definition) is 2. The Balaban J connectivity index is 2.01. The lowest BCUT2D eigenvalue weighted by atomic mass is 9.99. The lowest BCUT2D eigenvalue weighted by Gasteiger charge is -2.23. The maximum absolute atomic E-state index is 10.1. The molecule has 2 aromatic carbocycles. The average molecular weight is 270 g/mol. The van der Waals surface area contributed by atoms with Crippen LogP contribution >= 0.6 is 0 Å². The van der Waals surface area contributed by atoms with Gasteiger partial charge in [-0.25, -0.2) is 0 Å². The molecule has 4 heteroatoms. The average Bonchev–Trinajstić information content (AvgIpc) is 2.46. The molecule has 0 saturated carbocycles. The molecule has 0 radical (unpaired) electrons. The molecule has 0 amide bonds. The third kappa shape index (κ3) is 2.21. The van der Waals surface area contributed by atoms with Gasteiger partial charge in [0.2, 0.25) is 6.29 Å². The Kier molecular flexibility index (Phi) is 3.08. The molecule has 0 saturated heterocycles. The van der Waals surface area contributed by atoms with E-state index in [2.05, 4.69) is 0 Å². The summed E-state index contributed by atoms with van der Waals surface area (Å²) < 4.78 is 10.5. The van der Waals surface area contributed by atoms with Gasteiger partial charge in [-0.15, -0.1) is 0 Å². The summed E-state index contributed by atoms with van der Waals surface area (Å²) in [6.45, 7) is 0. The molecule has 4 nitrogen and oxygen atoms in total. The molecule has 1 atom stereocenters. The van der Waals surface area contributed by atoms with Crippen LogP contribution in [-0.2, 0) is 0 Å². The Morgan fingerprint density at radius 2 is 1.85 bits per heavy atom. The first-order valence-corrected chi connectivity index (χ1v) is 6.21. The summed E-state index contributed by atoms with van der Waals surface area (Å²) in [7, 11) is 1.61. The number of aliphatic hydroxyl groups is 1. The maximum atomic E-state index is 10.1. The van der Waals surface area contributed by atoms with Crippen LogP contribution < -0.4 is 9.47 Å². The Labute approximate surface area is 116 Å². The zero-order valence-electron chi connectivity index (χ0n) is 10.9. The van der Waals surface area contributed by atoms with E-state index in [0.717, 1.165) is 16.9 Å². The lowest BCUT2D eigenvalue weighted by Crippen LogP contribution is -2.20. The summed E-state index contributed by atoms with van der Waals surface area (Å²) >= 11 is 0. The second-order valence-electron chi connectivity index (χ2n) is 4.52. The lowest BCUT2D eigenvalue weighted by molar-refractivity contribution is 0.0318. The largest absolute Gasteiger partial charge is 0.508 e. The van der Waals surface area contributed by atoms with Crippen molar-refractivity contribution in [2.75, 3.05) is 7.11 Å². The van der Waals surface area contributed by atoms with Crippen LogP contribution in [0.2, 0.25) is 0 Å². The first-order valence-electron chi connectivity index (χ1n) is 6.21. The van der Waals surface area contributed by atoms with Crippen molar-refractivity contribution in [3.8, 4) is 17.2 Å². The second-order valence-corrected chi connectivity index (χ2v) is 4.52. The smallest absolute Gasteiger partial charge is 0.224 e. The standard InChI is InChI=1S/C16H14O4/c1-19-13-6-3-10(4-7-13)14-8-11-2-5-12(17)9-15(11)20-16(14)18/h2-9,16-18H,1H3. The molecule has 1 aliphatic rings. The van der Waals surface area contributed by atoms with Crippen LogP contribution in [-0.4, -0.2) is 23.6 Å². The van der Waals surface area contributed by atoms with Crippen LogP contribution in [0, 0.1) is 0 Å². The van der Waals surface area contributed by atoms with Crippen molar-refractivity contribution >= 4 is 11.6 Å². The number of benzene rings is 2. The van der Waals surface area contributed by atoms with E-state index in [1.807, 2.05) is 30.3 Å².